The zero-order chi connectivity index (χ0) is 26.2. The number of fused-ring (bicyclic) bond motifs is 1. The molecule has 0 saturated carbocycles. The molecule has 0 aliphatic carbocycles. The van der Waals surface area contributed by atoms with E-state index < -0.39 is 20.8 Å². The lowest BCUT2D eigenvalue weighted by atomic mass is 10.2. The van der Waals surface area contributed by atoms with Crippen LogP contribution in [0.2, 0.25) is 5.02 Å². The Kier molecular flexibility index (Phi) is 6.98. The summed E-state index contributed by atoms with van der Waals surface area (Å²) in [5.41, 5.74) is 2.25. The summed E-state index contributed by atoms with van der Waals surface area (Å²) in [5.74, 6) is 0.141. The van der Waals surface area contributed by atoms with Gasteiger partial charge in [-0.25, -0.2) is 8.42 Å². The van der Waals surface area contributed by atoms with Crippen LogP contribution in [0.4, 0.5) is 5.69 Å². The van der Waals surface area contributed by atoms with Crippen molar-refractivity contribution in [3.63, 3.8) is 0 Å². The largest absolute Gasteiger partial charge is 0.481 e. The number of halogens is 1. The first kappa shape index (κ1) is 25.3. The molecule has 1 aliphatic heterocycles. The Morgan fingerprint density at radius 1 is 1.08 bits per heavy atom. The number of nitrogens with zero attached hydrogens (tertiary/aromatic N) is 4. The van der Waals surface area contributed by atoms with E-state index in [1.165, 1.54) is 8.99 Å². The molecule has 0 atom stereocenters. The zero-order valence-electron chi connectivity index (χ0n) is 20.5. The molecule has 2 aromatic carbocycles. The second kappa shape index (κ2) is 10.2. The Hall–Kier alpha value is -3.34. The van der Waals surface area contributed by atoms with Crippen LogP contribution in [0, 0.1) is 0 Å². The number of hydrogen-bond donors (Lipinski definition) is 0. The molecule has 0 radical (unpaired) electrons. The van der Waals surface area contributed by atoms with E-state index in [0.717, 1.165) is 16.5 Å². The number of anilines is 1. The number of aromatic nitrogens is 2. The summed E-state index contributed by atoms with van der Waals surface area (Å²) in [5, 5.41) is 5.32. The highest BCUT2D eigenvalue weighted by molar-refractivity contribution is 7.89. The minimum atomic E-state index is -3.36. The Labute approximate surface area is 219 Å². The van der Waals surface area contributed by atoms with E-state index in [2.05, 4.69) is 5.10 Å². The molecule has 0 bridgehead atoms. The van der Waals surface area contributed by atoms with E-state index in [0.29, 0.717) is 42.6 Å². The molecule has 2 aromatic heterocycles. The average Bonchev–Trinajstić information content (AvgIpc) is 3.36. The number of furan rings is 1. The molecule has 0 unspecified atom stereocenters. The molecule has 3 heterocycles. The van der Waals surface area contributed by atoms with E-state index in [9.17, 15) is 13.2 Å². The maximum absolute atomic E-state index is 13.6. The molecular weight excluding hydrogens is 516 g/mol. The summed E-state index contributed by atoms with van der Waals surface area (Å²) >= 11 is 6.15. The standard InChI is InChI=1S/C26H27ClN4O5S/c1-18(2)37(33,34)30-11-9-29(10-12-30)23-16-28-31(22-5-3-4-21(27)15-22)26(32)25(23)36-17-19-6-7-24-20(14-19)8-13-35-24/h3-8,13-16,18H,9-12,17H2,1-2H3. The van der Waals surface area contributed by atoms with Gasteiger partial charge in [-0.3, -0.25) is 4.79 Å². The SMILES string of the molecule is CC(C)S(=O)(=O)N1CCN(c2cnn(-c3cccc(Cl)c3)c(=O)c2OCc2ccc3occc3c2)CC1. The van der Waals surface area contributed by atoms with Crippen LogP contribution in [0.25, 0.3) is 16.7 Å². The van der Waals surface area contributed by atoms with Crippen molar-refractivity contribution in [2.24, 2.45) is 0 Å². The molecular formula is C26H27ClN4O5S. The second-order valence-corrected chi connectivity index (χ2v) is 12.0. The van der Waals surface area contributed by atoms with E-state index in [4.69, 9.17) is 20.8 Å². The van der Waals surface area contributed by atoms with Gasteiger partial charge in [-0.2, -0.15) is 14.1 Å². The van der Waals surface area contributed by atoms with Crippen molar-refractivity contribution in [3.8, 4) is 11.4 Å². The molecule has 0 spiro atoms. The average molecular weight is 543 g/mol. The van der Waals surface area contributed by atoms with Gasteiger partial charge < -0.3 is 14.1 Å². The van der Waals surface area contributed by atoms with Crippen LogP contribution in [0.3, 0.4) is 0 Å². The quantitative estimate of drug-likeness (QED) is 0.347. The number of rotatable bonds is 7. The van der Waals surface area contributed by atoms with Gasteiger partial charge in [-0.1, -0.05) is 23.7 Å². The Morgan fingerprint density at radius 3 is 2.59 bits per heavy atom. The molecule has 37 heavy (non-hydrogen) atoms. The summed E-state index contributed by atoms with van der Waals surface area (Å²) in [7, 11) is -3.36. The van der Waals surface area contributed by atoms with Crippen molar-refractivity contribution < 1.29 is 17.6 Å². The molecule has 0 amide bonds. The second-order valence-electron chi connectivity index (χ2n) is 9.12. The molecule has 1 fully saturated rings. The number of hydrogen-bond acceptors (Lipinski definition) is 7. The fourth-order valence-electron chi connectivity index (χ4n) is 4.32. The maximum atomic E-state index is 13.6. The van der Waals surface area contributed by atoms with Gasteiger partial charge in [-0.05, 0) is 55.8 Å². The number of sulfonamides is 1. The first-order valence-corrected chi connectivity index (χ1v) is 13.8. The number of benzene rings is 2. The van der Waals surface area contributed by atoms with Gasteiger partial charge >= 0.3 is 5.56 Å². The summed E-state index contributed by atoms with van der Waals surface area (Å²) < 4.78 is 39.5. The third-order valence-electron chi connectivity index (χ3n) is 6.40. The van der Waals surface area contributed by atoms with Crippen molar-refractivity contribution in [3.05, 3.63) is 81.9 Å². The van der Waals surface area contributed by atoms with Crippen molar-refractivity contribution in [2.45, 2.75) is 25.7 Å². The van der Waals surface area contributed by atoms with Gasteiger partial charge in [0.25, 0.3) is 0 Å². The molecule has 5 rings (SSSR count). The maximum Gasteiger partial charge on any atom is 0.316 e. The number of ether oxygens (including phenoxy) is 1. The summed E-state index contributed by atoms with van der Waals surface area (Å²) in [6.07, 6.45) is 3.21. The lowest BCUT2D eigenvalue weighted by molar-refractivity contribution is 0.298. The van der Waals surface area contributed by atoms with Gasteiger partial charge in [-0.15, -0.1) is 0 Å². The fraction of sp³-hybridized carbons (Fsp3) is 0.308. The normalized spacial score (nSPS) is 15.0. The minimum Gasteiger partial charge on any atom is -0.481 e. The monoisotopic (exact) mass is 542 g/mol. The minimum absolute atomic E-state index is 0.141. The third kappa shape index (κ3) is 5.09. The van der Waals surface area contributed by atoms with Gasteiger partial charge in [0.2, 0.25) is 15.8 Å². The summed E-state index contributed by atoms with van der Waals surface area (Å²) in [6.45, 7) is 4.95. The van der Waals surface area contributed by atoms with Crippen LogP contribution in [-0.2, 0) is 16.6 Å². The van der Waals surface area contributed by atoms with E-state index in [1.807, 2.05) is 29.2 Å². The fourth-order valence-corrected chi connectivity index (χ4v) is 5.78. The first-order valence-electron chi connectivity index (χ1n) is 11.9. The van der Waals surface area contributed by atoms with Crippen LogP contribution < -0.4 is 15.2 Å². The van der Waals surface area contributed by atoms with Gasteiger partial charge in [0.05, 0.1) is 23.4 Å². The van der Waals surface area contributed by atoms with Gasteiger partial charge in [0.15, 0.2) is 0 Å². The van der Waals surface area contributed by atoms with E-state index in [-0.39, 0.29) is 12.4 Å². The van der Waals surface area contributed by atoms with Gasteiger partial charge in [0, 0.05) is 36.6 Å². The third-order valence-corrected chi connectivity index (χ3v) is 8.91. The summed E-state index contributed by atoms with van der Waals surface area (Å²) in [6, 6.07) is 14.4. The molecule has 194 valence electrons. The van der Waals surface area contributed by atoms with E-state index in [1.54, 1.807) is 50.6 Å². The van der Waals surface area contributed by atoms with Crippen LogP contribution >= 0.6 is 11.6 Å². The van der Waals surface area contributed by atoms with Crippen molar-refractivity contribution >= 4 is 38.3 Å². The Morgan fingerprint density at radius 2 is 1.86 bits per heavy atom. The van der Waals surface area contributed by atoms with Crippen LogP contribution in [-0.4, -0.2) is 53.9 Å². The van der Waals surface area contributed by atoms with Crippen molar-refractivity contribution in [1.29, 1.82) is 0 Å². The molecule has 9 nitrogen and oxygen atoms in total. The Balaban J connectivity index is 1.47. The van der Waals surface area contributed by atoms with Crippen molar-refractivity contribution in [2.75, 3.05) is 31.1 Å². The lowest BCUT2D eigenvalue weighted by Crippen LogP contribution is -2.50. The molecule has 4 aromatic rings. The zero-order valence-corrected chi connectivity index (χ0v) is 22.1. The molecule has 1 saturated heterocycles. The highest BCUT2D eigenvalue weighted by atomic mass is 35.5. The van der Waals surface area contributed by atoms with Gasteiger partial charge in [0.1, 0.15) is 17.9 Å². The molecule has 1 aliphatic rings. The number of piperazine rings is 1. The molecule has 0 N–H and O–H groups in total. The lowest BCUT2D eigenvalue weighted by Gasteiger charge is -2.36. The first-order chi connectivity index (χ1) is 17.7. The van der Waals surface area contributed by atoms with E-state index >= 15 is 0 Å². The topological polar surface area (TPSA) is 97.9 Å². The van der Waals surface area contributed by atoms with Crippen LogP contribution in [0.1, 0.15) is 19.4 Å². The predicted molar refractivity (Wildman–Crippen MR) is 143 cm³/mol. The molecule has 11 heteroatoms. The highest BCUT2D eigenvalue weighted by Crippen LogP contribution is 2.28. The summed E-state index contributed by atoms with van der Waals surface area (Å²) in [4.78, 5) is 15.6. The Bertz CT molecular complexity index is 1590. The van der Waals surface area contributed by atoms with Crippen LogP contribution in [0.15, 0.2) is 70.2 Å². The predicted octanol–water partition coefficient (Wildman–Crippen LogP) is 4.07. The highest BCUT2D eigenvalue weighted by Gasteiger charge is 2.31. The van der Waals surface area contributed by atoms with Crippen molar-refractivity contribution in [1.82, 2.24) is 14.1 Å². The van der Waals surface area contributed by atoms with Crippen LogP contribution in [0.5, 0.6) is 5.75 Å². The smallest absolute Gasteiger partial charge is 0.316 e.